The first-order chi connectivity index (χ1) is 8.19. The summed E-state index contributed by atoms with van der Waals surface area (Å²) in [5.41, 5.74) is 1.59. The molecule has 1 heterocycles. The number of hydrogen-bond donors (Lipinski definition) is 0. The number of fused-ring (bicyclic) bond motifs is 1. The van der Waals surface area contributed by atoms with E-state index in [0.29, 0.717) is 12.4 Å². The smallest absolute Gasteiger partial charge is 0.319 e. The van der Waals surface area contributed by atoms with E-state index < -0.39 is 0 Å². The van der Waals surface area contributed by atoms with Gasteiger partial charge in [-0.3, -0.25) is 9.69 Å². The van der Waals surface area contributed by atoms with Crippen LogP contribution in [0.1, 0.15) is 5.89 Å². The van der Waals surface area contributed by atoms with E-state index in [4.69, 9.17) is 4.42 Å². The Morgan fingerprint density at radius 2 is 2.24 bits per heavy atom. The summed E-state index contributed by atoms with van der Waals surface area (Å²) in [5.74, 6) is 0.321. The Kier molecular flexibility index (Phi) is 3.39. The van der Waals surface area contributed by atoms with Crippen molar-refractivity contribution in [3.05, 3.63) is 30.2 Å². The maximum atomic E-state index is 11.1. The van der Waals surface area contributed by atoms with Crippen LogP contribution in [0.25, 0.3) is 11.1 Å². The van der Waals surface area contributed by atoms with E-state index >= 15 is 0 Å². The van der Waals surface area contributed by atoms with E-state index in [9.17, 15) is 4.79 Å². The van der Waals surface area contributed by atoms with Crippen molar-refractivity contribution in [2.45, 2.75) is 6.54 Å². The van der Waals surface area contributed by atoms with E-state index in [0.717, 1.165) is 11.1 Å². The van der Waals surface area contributed by atoms with Gasteiger partial charge in [0.15, 0.2) is 5.58 Å². The van der Waals surface area contributed by atoms with E-state index in [1.807, 2.05) is 31.3 Å². The molecular formula is C12H14N2O3. The van der Waals surface area contributed by atoms with Crippen LogP contribution in [0.2, 0.25) is 0 Å². The van der Waals surface area contributed by atoms with Gasteiger partial charge in [-0.25, -0.2) is 4.98 Å². The summed E-state index contributed by atoms with van der Waals surface area (Å²) >= 11 is 0. The zero-order valence-corrected chi connectivity index (χ0v) is 9.84. The van der Waals surface area contributed by atoms with Crippen molar-refractivity contribution in [3.8, 4) is 0 Å². The van der Waals surface area contributed by atoms with Crippen LogP contribution in [0.15, 0.2) is 28.7 Å². The second kappa shape index (κ2) is 4.97. The molecule has 0 fully saturated rings. The van der Waals surface area contributed by atoms with Crippen molar-refractivity contribution in [2.24, 2.45) is 0 Å². The number of nitrogens with zero attached hydrogens (tertiary/aromatic N) is 2. The van der Waals surface area contributed by atoms with Crippen LogP contribution in [0.4, 0.5) is 0 Å². The summed E-state index contributed by atoms with van der Waals surface area (Å²) in [7, 11) is 3.18. The quantitative estimate of drug-likeness (QED) is 0.749. The van der Waals surface area contributed by atoms with Crippen molar-refractivity contribution in [1.29, 1.82) is 0 Å². The number of esters is 1. The topological polar surface area (TPSA) is 55.6 Å². The minimum atomic E-state index is -0.274. The number of carbonyl (C=O) groups excluding carboxylic acids is 1. The minimum absolute atomic E-state index is 0.217. The first kappa shape index (κ1) is 11.6. The highest BCUT2D eigenvalue weighted by Gasteiger charge is 2.11. The first-order valence-corrected chi connectivity index (χ1v) is 5.29. The molecule has 2 rings (SSSR count). The van der Waals surface area contributed by atoms with E-state index in [-0.39, 0.29) is 12.5 Å². The normalized spacial score (nSPS) is 11.0. The van der Waals surface area contributed by atoms with Crippen molar-refractivity contribution in [1.82, 2.24) is 9.88 Å². The Morgan fingerprint density at radius 1 is 1.47 bits per heavy atom. The monoisotopic (exact) mass is 234 g/mol. The maximum absolute atomic E-state index is 11.1. The van der Waals surface area contributed by atoms with Crippen LogP contribution in [0.3, 0.4) is 0 Å². The lowest BCUT2D eigenvalue weighted by molar-refractivity contribution is -0.141. The molecule has 1 aromatic carbocycles. The summed E-state index contributed by atoms with van der Waals surface area (Å²) in [6, 6.07) is 7.57. The van der Waals surface area contributed by atoms with Gasteiger partial charge in [-0.15, -0.1) is 0 Å². The third-order valence-electron chi connectivity index (χ3n) is 2.37. The number of ether oxygens (including phenoxy) is 1. The van der Waals surface area contributed by atoms with Crippen molar-refractivity contribution in [3.63, 3.8) is 0 Å². The lowest BCUT2D eigenvalue weighted by Gasteiger charge is -2.11. The number of oxazole rings is 1. The molecular weight excluding hydrogens is 220 g/mol. The predicted molar refractivity (Wildman–Crippen MR) is 62.4 cm³/mol. The molecule has 0 aliphatic carbocycles. The number of benzene rings is 1. The molecule has 0 N–H and O–H groups in total. The lowest BCUT2D eigenvalue weighted by atomic mass is 10.3. The summed E-state index contributed by atoms with van der Waals surface area (Å²) in [6.07, 6.45) is 0. The number of likely N-dealkylation sites (N-methyl/N-ethyl adjacent to an activating group) is 1. The zero-order chi connectivity index (χ0) is 12.3. The fraction of sp³-hybridized carbons (Fsp3) is 0.333. The largest absolute Gasteiger partial charge is 0.468 e. The molecule has 0 radical (unpaired) electrons. The molecule has 0 atom stereocenters. The SMILES string of the molecule is COC(=O)CN(C)Cc1nc2ccccc2o1. The Morgan fingerprint density at radius 3 is 2.94 bits per heavy atom. The number of carbonyl (C=O) groups is 1. The number of rotatable bonds is 4. The highest BCUT2D eigenvalue weighted by atomic mass is 16.5. The molecule has 90 valence electrons. The molecule has 0 amide bonds. The molecule has 0 bridgehead atoms. The standard InChI is InChI=1S/C12H14N2O3/c1-14(8-12(15)16-2)7-11-13-9-5-3-4-6-10(9)17-11/h3-6H,7-8H2,1-2H3. The van der Waals surface area contributed by atoms with Crippen LogP contribution in [-0.4, -0.2) is 36.6 Å². The van der Waals surface area contributed by atoms with E-state index in [1.165, 1.54) is 7.11 Å². The third kappa shape index (κ3) is 2.82. The van der Waals surface area contributed by atoms with Gasteiger partial charge in [0.25, 0.3) is 0 Å². The molecule has 17 heavy (non-hydrogen) atoms. The van der Waals surface area contributed by atoms with E-state index in [2.05, 4.69) is 9.72 Å². The molecule has 2 aromatic rings. The summed E-state index contributed by atoms with van der Waals surface area (Å²) in [6.45, 7) is 0.693. The highest BCUT2D eigenvalue weighted by molar-refractivity contribution is 5.72. The molecule has 5 nitrogen and oxygen atoms in total. The summed E-state index contributed by atoms with van der Waals surface area (Å²) in [5, 5.41) is 0. The molecule has 0 unspecified atom stereocenters. The Labute approximate surface area is 99.0 Å². The number of aromatic nitrogens is 1. The summed E-state index contributed by atoms with van der Waals surface area (Å²) < 4.78 is 10.1. The van der Waals surface area contributed by atoms with Gasteiger partial charge < -0.3 is 9.15 Å². The summed E-state index contributed by atoms with van der Waals surface area (Å²) in [4.78, 5) is 17.2. The second-order valence-electron chi connectivity index (χ2n) is 3.82. The molecule has 0 aliphatic heterocycles. The average Bonchev–Trinajstić information content (AvgIpc) is 2.70. The molecule has 0 aliphatic rings. The highest BCUT2D eigenvalue weighted by Crippen LogP contribution is 2.15. The number of methoxy groups -OCH3 is 1. The van der Waals surface area contributed by atoms with Gasteiger partial charge in [0.1, 0.15) is 5.52 Å². The fourth-order valence-electron chi connectivity index (χ4n) is 1.56. The molecule has 5 heteroatoms. The predicted octanol–water partition coefficient (Wildman–Crippen LogP) is 1.43. The fourth-order valence-corrected chi connectivity index (χ4v) is 1.56. The zero-order valence-electron chi connectivity index (χ0n) is 9.84. The van der Waals surface area contributed by atoms with Gasteiger partial charge >= 0.3 is 5.97 Å². The minimum Gasteiger partial charge on any atom is -0.468 e. The molecule has 1 aromatic heterocycles. The van der Waals surface area contributed by atoms with Gasteiger partial charge in [0, 0.05) is 0 Å². The number of para-hydroxylation sites is 2. The van der Waals surface area contributed by atoms with Crippen molar-refractivity contribution in [2.75, 3.05) is 20.7 Å². The number of hydrogen-bond acceptors (Lipinski definition) is 5. The van der Waals surface area contributed by atoms with Crippen LogP contribution >= 0.6 is 0 Å². The van der Waals surface area contributed by atoms with Crippen LogP contribution in [0, 0.1) is 0 Å². The van der Waals surface area contributed by atoms with Gasteiger partial charge in [-0.2, -0.15) is 0 Å². The lowest BCUT2D eigenvalue weighted by Crippen LogP contribution is -2.26. The molecule has 0 spiro atoms. The maximum Gasteiger partial charge on any atom is 0.319 e. The van der Waals surface area contributed by atoms with Crippen LogP contribution in [-0.2, 0) is 16.1 Å². The van der Waals surface area contributed by atoms with Crippen molar-refractivity contribution < 1.29 is 13.9 Å². The van der Waals surface area contributed by atoms with Gasteiger partial charge in [0.2, 0.25) is 5.89 Å². The Bertz CT molecular complexity index is 488. The molecule has 0 saturated heterocycles. The van der Waals surface area contributed by atoms with Crippen LogP contribution < -0.4 is 0 Å². The molecule has 0 saturated carbocycles. The van der Waals surface area contributed by atoms with Gasteiger partial charge in [0.05, 0.1) is 20.2 Å². The Balaban J connectivity index is 2.05. The first-order valence-electron chi connectivity index (χ1n) is 5.29. The van der Waals surface area contributed by atoms with Crippen LogP contribution in [0.5, 0.6) is 0 Å². The van der Waals surface area contributed by atoms with Gasteiger partial charge in [-0.1, -0.05) is 12.1 Å². The van der Waals surface area contributed by atoms with Crippen molar-refractivity contribution >= 4 is 17.1 Å². The van der Waals surface area contributed by atoms with E-state index in [1.54, 1.807) is 4.90 Å². The second-order valence-corrected chi connectivity index (χ2v) is 3.82. The third-order valence-corrected chi connectivity index (χ3v) is 2.37. The Hall–Kier alpha value is -1.88. The van der Waals surface area contributed by atoms with Gasteiger partial charge in [-0.05, 0) is 19.2 Å². The average molecular weight is 234 g/mol.